The number of carbonyl (C=O) groups excluding carboxylic acids is 1. The summed E-state index contributed by atoms with van der Waals surface area (Å²) in [4.78, 5) is 15.1. The maximum absolute atomic E-state index is 14.3. The van der Waals surface area contributed by atoms with Crippen molar-refractivity contribution < 1.29 is 23.0 Å². The SMILES string of the molecule is O=Cc1cc(OC2CC2)c(-c2ncc(F)cc2F)c(OC2CC2)c1. The van der Waals surface area contributed by atoms with Gasteiger partial charge >= 0.3 is 0 Å². The minimum atomic E-state index is -0.796. The minimum absolute atomic E-state index is 0.0415. The predicted octanol–water partition coefficient (Wildman–Crippen LogP) is 3.92. The highest BCUT2D eigenvalue weighted by Crippen LogP contribution is 2.44. The second-order valence-electron chi connectivity index (χ2n) is 6.13. The van der Waals surface area contributed by atoms with Crippen LogP contribution in [-0.2, 0) is 0 Å². The summed E-state index contributed by atoms with van der Waals surface area (Å²) in [5.41, 5.74) is 0.671. The Hall–Kier alpha value is -2.50. The van der Waals surface area contributed by atoms with Crippen LogP contribution in [0.25, 0.3) is 11.3 Å². The highest BCUT2D eigenvalue weighted by Gasteiger charge is 2.30. The molecule has 2 fully saturated rings. The van der Waals surface area contributed by atoms with E-state index in [4.69, 9.17) is 9.47 Å². The van der Waals surface area contributed by atoms with E-state index >= 15 is 0 Å². The Morgan fingerprint density at radius 2 is 1.58 bits per heavy atom. The van der Waals surface area contributed by atoms with Crippen molar-refractivity contribution in [1.29, 1.82) is 0 Å². The van der Waals surface area contributed by atoms with Crippen LogP contribution < -0.4 is 9.47 Å². The van der Waals surface area contributed by atoms with Crippen LogP contribution in [0.15, 0.2) is 24.4 Å². The molecule has 4 rings (SSSR count). The number of benzene rings is 1. The molecule has 0 saturated heterocycles. The molecule has 2 aliphatic rings. The Bertz CT molecular complexity index is 766. The van der Waals surface area contributed by atoms with Crippen molar-refractivity contribution in [2.45, 2.75) is 37.9 Å². The second kappa shape index (κ2) is 5.85. The molecule has 1 aromatic carbocycles. The smallest absolute Gasteiger partial charge is 0.152 e. The Kier molecular flexibility index (Phi) is 3.67. The van der Waals surface area contributed by atoms with Gasteiger partial charge < -0.3 is 9.47 Å². The highest BCUT2D eigenvalue weighted by atomic mass is 19.1. The van der Waals surface area contributed by atoms with Gasteiger partial charge in [0, 0.05) is 11.6 Å². The van der Waals surface area contributed by atoms with E-state index in [0.29, 0.717) is 28.9 Å². The molecule has 124 valence electrons. The van der Waals surface area contributed by atoms with Crippen molar-refractivity contribution in [1.82, 2.24) is 4.98 Å². The van der Waals surface area contributed by atoms with Crippen molar-refractivity contribution in [3.63, 3.8) is 0 Å². The number of aldehydes is 1. The van der Waals surface area contributed by atoms with Crippen LogP contribution in [0.5, 0.6) is 11.5 Å². The zero-order valence-electron chi connectivity index (χ0n) is 12.8. The van der Waals surface area contributed by atoms with E-state index in [1.54, 1.807) is 12.1 Å². The van der Waals surface area contributed by atoms with Crippen molar-refractivity contribution in [3.05, 3.63) is 41.6 Å². The van der Waals surface area contributed by atoms with Crippen LogP contribution in [0.4, 0.5) is 8.78 Å². The lowest BCUT2D eigenvalue weighted by Crippen LogP contribution is -2.05. The third kappa shape index (κ3) is 3.09. The number of pyridine rings is 1. The summed E-state index contributed by atoms with van der Waals surface area (Å²) in [6, 6.07) is 3.87. The topological polar surface area (TPSA) is 48.4 Å². The molecule has 0 spiro atoms. The van der Waals surface area contributed by atoms with E-state index in [2.05, 4.69) is 4.98 Å². The van der Waals surface area contributed by atoms with Crippen LogP contribution in [0.1, 0.15) is 36.0 Å². The van der Waals surface area contributed by atoms with Gasteiger partial charge in [0.25, 0.3) is 0 Å². The number of hydrogen-bond donors (Lipinski definition) is 0. The molecule has 0 N–H and O–H groups in total. The molecule has 24 heavy (non-hydrogen) atoms. The molecule has 0 unspecified atom stereocenters. The third-order valence-corrected chi connectivity index (χ3v) is 3.91. The van der Waals surface area contributed by atoms with Gasteiger partial charge in [-0.2, -0.15) is 0 Å². The maximum atomic E-state index is 14.3. The standard InChI is InChI=1S/C18H15F2NO3/c19-11-7-14(20)18(21-8-11)17-15(23-12-1-2-12)5-10(9-22)6-16(17)24-13-3-4-13/h5-9,12-13H,1-4H2. The Balaban J connectivity index is 1.87. The normalized spacial score (nSPS) is 16.8. The molecular weight excluding hydrogens is 316 g/mol. The average Bonchev–Trinajstić information content (AvgIpc) is 3.45. The van der Waals surface area contributed by atoms with Gasteiger partial charge in [0.1, 0.15) is 29.3 Å². The van der Waals surface area contributed by atoms with Crippen LogP contribution in [0.3, 0.4) is 0 Å². The Labute approximate surface area is 137 Å². The van der Waals surface area contributed by atoms with Crippen molar-refractivity contribution >= 4 is 6.29 Å². The molecule has 0 bridgehead atoms. The van der Waals surface area contributed by atoms with E-state index < -0.39 is 11.6 Å². The van der Waals surface area contributed by atoms with E-state index in [9.17, 15) is 13.6 Å². The molecule has 2 aromatic rings. The third-order valence-electron chi connectivity index (χ3n) is 3.91. The minimum Gasteiger partial charge on any atom is -0.490 e. The van der Waals surface area contributed by atoms with Gasteiger partial charge in [-0.05, 0) is 37.8 Å². The molecular formula is C18H15F2NO3. The zero-order valence-corrected chi connectivity index (χ0v) is 12.8. The van der Waals surface area contributed by atoms with Gasteiger partial charge in [-0.25, -0.2) is 13.8 Å². The summed E-state index contributed by atoms with van der Waals surface area (Å²) in [6.45, 7) is 0. The predicted molar refractivity (Wildman–Crippen MR) is 82.3 cm³/mol. The summed E-state index contributed by atoms with van der Waals surface area (Å²) in [5.74, 6) is -0.864. The van der Waals surface area contributed by atoms with E-state index in [1.165, 1.54) is 0 Å². The fourth-order valence-electron chi connectivity index (χ4n) is 2.43. The molecule has 2 aliphatic carbocycles. The van der Waals surface area contributed by atoms with E-state index in [1.807, 2.05) is 0 Å². The van der Waals surface area contributed by atoms with Crippen molar-refractivity contribution in [3.8, 4) is 22.8 Å². The number of rotatable bonds is 6. The Morgan fingerprint density at radius 1 is 1.00 bits per heavy atom. The molecule has 0 radical (unpaired) electrons. The number of ether oxygens (including phenoxy) is 2. The lowest BCUT2D eigenvalue weighted by molar-refractivity contribution is 0.112. The number of halogens is 2. The molecule has 6 heteroatoms. The summed E-state index contributed by atoms with van der Waals surface area (Å²) in [5, 5.41) is 0. The quantitative estimate of drug-likeness (QED) is 0.753. The average molecular weight is 331 g/mol. The lowest BCUT2D eigenvalue weighted by Gasteiger charge is -2.17. The first-order chi connectivity index (χ1) is 11.6. The van der Waals surface area contributed by atoms with Crippen LogP contribution >= 0.6 is 0 Å². The van der Waals surface area contributed by atoms with Gasteiger partial charge in [-0.15, -0.1) is 0 Å². The largest absolute Gasteiger partial charge is 0.490 e. The van der Waals surface area contributed by atoms with Crippen LogP contribution in [0, 0.1) is 11.6 Å². The molecule has 2 saturated carbocycles. The second-order valence-corrected chi connectivity index (χ2v) is 6.13. The zero-order chi connectivity index (χ0) is 16.7. The molecule has 0 atom stereocenters. The van der Waals surface area contributed by atoms with Gasteiger partial charge in [-0.3, -0.25) is 4.79 Å². The number of nitrogens with zero attached hydrogens (tertiary/aromatic N) is 1. The summed E-state index contributed by atoms with van der Waals surface area (Å²) >= 11 is 0. The van der Waals surface area contributed by atoms with Gasteiger partial charge in [0.05, 0.1) is 24.0 Å². The summed E-state index contributed by atoms with van der Waals surface area (Å²) < 4.78 is 39.2. The van der Waals surface area contributed by atoms with Crippen LogP contribution in [-0.4, -0.2) is 23.5 Å². The first-order valence-corrected chi connectivity index (χ1v) is 7.92. The molecule has 0 amide bonds. The number of aromatic nitrogens is 1. The monoisotopic (exact) mass is 331 g/mol. The molecule has 1 aromatic heterocycles. The fourth-order valence-corrected chi connectivity index (χ4v) is 2.43. The van der Waals surface area contributed by atoms with E-state index in [-0.39, 0.29) is 17.9 Å². The van der Waals surface area contributed by atoms with E-state index in [0.717, 1.165) is 37.9 Å². The molecule has 0 aliphatic heterocycles. The van der Waals surface area contributed by atoms with Gasteiger partial charge in [0.2, 0.25) is 0 Å². The molecule has 4 nitrogen and oxygen atoms in total. The number of carbonyl (C=O) groups is 1. The van der Waals surface area contributed by atoms with Crippen LogP contribution in [0.2, 0.25) is 0 Å². The first kappa shape index (κ1) is 15.1. The Morgan fingerprint density at radius 3 is 2.04 bits per heavy atom. The molecule has 1 heterocycles. The fraction of sp³-hybridized carbons (Fsp3) is 0.333. The number of hydrogen-bond acceptors (Lipinski definition) is 4. The first-order valence-electron chi connectivity index (χ1n) is 7.92. The highest BCUT2D eigenvalue weighted by molar-refractivity contribution is 5.83. The summed E-state index contributed by atoms with van der Waals surface area (Å²) in [6.07, 6.45) is 5.36. The summed E-state index contributed by atoms with van der Waals surface area (Å²) in [7, 11) is 0. The lowest BCUT2D eigenvalue weighted by atomic mass is 10.0. The van der Waals surface area contributed by atoms with Crippen molar-refractivity contribution in [2.24, 2.45) is 0 Å². The van der Waals surface area contributed by atoms with Crippen molar-refractivity contribution in [2.75, 3.05) is 0 Å². The van der Waals surface area contributed by atoms with Gasteiger partial charge in [0.15, 0.2) is 5.82 Å². The maximum Gasteiger partial charge on any atom is 0.152 e. The van der Waals surface area contributed by atoms with Gasteiger partial charge in [-0.1, -0.05) is 0 Å².